The Hall–Kier alpha value is -2.97. The van der Waals surface area contributed by atoms with Crippen molar-refractivity contribution in [1.29, 1.82) is 0 Å². The smallest absolute Gasteiger partial charge is 0.274 e. The minimum Gasteiger partial charge on any atom is -0.497 e. The topological polar surface area (TPSA) is 90.0 Å². The van der Waals surface area contributed by atoms with E-state index in [9.17, 15) is 9.59 Å². The Labute approximate surface area is 168 Å². The summed E-state index contributed by atoms with van der Waals surface area (Å²) in [6.07, 6.45) is 2.77. The molecular weight excluding hydrogens is 374 g/mol. The fourth-order valence-corrected chi connectivity index (χ4v) is 3.58. The minimum absolute atomic E-state index is 0.126. The number of anilines is 1. The summed E-state index contributed by atoms with van der Waals surface area (Å²) in [5.74, 6) is -0.335. The van der Waals surface area contributed by atoms with E-state index in [-0.39, 0.29) is 17.5 Å². The number of nitrogens with zero attached hydrogens (tertiary/aromatic N) is 2. The summed E-state index contributed by atoms with van der Waals surface area (Å²) in [4.78, 5) is 31.3. The molecule has 0 atom stereocenters. The van der Waals surface area contributed by atoms with Crippen LogP contribution < -0.4 is 10.1 Å². The molecule has 2 aliphatic rings. The Balaban J connectivity index is 1.41. The molecule has 4 rings (SSSR count). The summed E-state index contributed by atoms with van der Waals surface area (Å²) >= 11 is 0. The molecule has 2 saturated heterocycles. The van der Waals surface area contributed by atoms with E-state index in [4.69, 9.17) is 14.2 Å². The maximum absolute atomic E-state index is 12.9. The van der Waals surface area contributed by atoms with Gasteiger partial charge < -0.3 is 24.4 Å². The lowest BCUT2D eigenvalue weighted by molar-refractivity contribution is -0.181. The number of likely N-dealkylation sites (tertiary alicyclic amines) is 1. The van der Waals surface area contributed by atoms with E-state index < -0.39 is 5.79 Å². The molecular formula is C21H23N3O5. The van der Waals surface area contributed by atoms with Crippen LogP contribution in [0.25, 0.3) is 0 Å². The number of ether oxygens (including phenoxy) is 3. The summed E-state index contributed by atoms with van der Waals surface area (Å²) in [6, 6.07) is 10.1. The van der Waals surface area contributed by atoms with Crippen molar-refractivity contribution in [2.45, 2.75) is 18.6 Å². The Morgan fingerprint density at radius 3 is 2.45 bits per heavy atom. The first-order valence-corrected chi connectivity index (χ1v) is 9.57. The largest absolute Gasteiger partial charge is 0.497 e. The first-order valence-electron chi connectivity index (χ1n) is 9.57. The minimum atomic E-state index is -0.529. The van der Waals surface area contributed by atoms with Crippen molar-refractivity contribution in [3.8, 4) is 5.75 Å². The number of pyridine rings is 1. The van der Waals surface area contributed by atoms with Gasteiger partial charge >= 0.3 is 0 Å². The molecule has 0 aliphatic carbocycles. The van der Waals surface area contributed by atoms with Crippen molar-refractivity contribution in [3.05, 3.63) is 53.9 Å². The fraction of sp³-hybridized carbons (Fsp3) is 0.381. The maximum atomic E-state index is 12.9. The zero-order valence-electron chi connectivity index (χ0n) is 16.2. The highest BCUT2D eigenvalue weighted by atomic mass is 16.7. The zero-order chi connectivity index (χ0) is 20.3. The van der Waals surface area contributed by atoms with Crippen LogP contribution in [0, 0.1) is 0 Å². The van der Waals surface area contributed by atoms with Gasteiger partial charge in [0.25, 0.3) is 11.8 Å². The molecule has 152 valence electrons. The summed E-state index contributed by atoms with van der Waals surface area (Å²) in [5, 5.41) is 2.77. The monoisotopic (exact) mass is 397 g/mol. The average molecular weight is 397 g/mol. The molecule has 0 unspecified atom stereocenters. The SMILES string of the molecule is COc1ccc(NC(=O)c2cc(C(=O)N3CCC4(CC3)OCCO4)ccn2)cc1. The number of carbonyl (C=O) groups is 2. The zero-order valence-corrected chi connectivity index (χ0v) is 16.2. The van der Waals surface area contributed by atoms with Crippen LogP contribution in [0.4, 0.5) is 5.69 Å². The van der Waals surface area contributed by atoms with Gasteiger partial charge in [-0.15, -0.1) is 0 Å². The van der Waals surface area contributed by atoms with Crippen LogP contribution >= 0.6 is 0 Å². The molecule has 2 aliphatic heterocycles. The van der Waals surface area contributed by atoms with Gasteiger partial charge in [-0.3, -0.25) is 14.6 Å². The van der Waals surface area contributed by atoms with Crippen molar-refractivity contribution in [2.75, 3.05) is 38.7 Å². The Morgan fingerprint density at radius 1 is 1.10 bits per heavy atom. The molecule has 0 bridgehead atoms. The number of carbonyl (C=O) groups excluding carboxylic acids is 2. The van der Waals surface area contributed by atoms with Gasteiger partial charge in [0, 0.05) is 43.4 Å². The summed E-state index contributed by atoms with van der Waals surface area (Å²) in [5.41, 5.74) is 1.24. The molecule has 8 heteroatoms. The van der Waals surface area contributed by atoms with Crippen molar-refractivity contribution >= 4 is 17.5 Å². The van der Waals surface area contributed by atoms with E-state index in [1.54, 1.807) is 42.3 Å². The van der Waals surface area contributed by atoms with Crippen molar-refractivity contribution < 1.29 is 23.8 Å². The van der Waals surface area contributed by atoms with Gasteiger partial charge in [-0.1, -0.05) is 0 Å². The normalized spacial score (nSPS) is 17.9. The van der Waals surface area contributed by atoms with Crippen molar-refractivity contribution in [3.63, 3.8) is 0 Å². The lowest BCUT2D eigenvalue weighted by atomic mass is 10.0. The number of amides is 2. The summed E-state index contributed by atoms with van der Waals surface area (Å²) in [6.45, 7) is 2.30. The number of nitrogens with one attached hydrogen (secondary N) is 1. The molecule has 2 aromatic rings. The fourth-order valence-electron chi connectivity index (χ4n) is 3.58. The molecule has 1 spiro atoms. The van der Waals surface area contributed by atoms with Gasteiger partial charge in [0.05, 0.1) is 20.3 Å². The van der Waals surface area contributed by atoms with Gasteiger partial charge in [0.15, 0.2) is 5.79 Å². The van der Waals surface area contributed by atoms with Gasteiger partial charge in [0.1, 0.15) is 11.4 Å². The van der Waals surface area contributed by atoms with Crippen molar-refractivity contribution in [2.24, 2.45) is 0 Å². The molecule has 0 saturated carbocycles. The first kappa shape index (κ1) is 19.4. The van der Waals surface area contributed by atoms with Gasteiger partial charge in [-0.05, 0) is 36.4 Å². The molecule has 2 amide bonds. The quantitative estimate of drug-likeness (QED) is 0.852. The number of benzene rings is 1. The van der Waals surface area contributed by atoms with Crippen LogP contribution in [0.5, 0.6) is 5.75 Å². The second kappa shape index (κ2) is 8.18. The predicted octanol–water partition coefficient (Wildman–Crippen LogP) is 2.32. The molecule has 0 radical (unpaired) electrons. The third-order valence-electron chi connectivity index (χ3n) is 5.21. The van der Waals surface area contributed by atoms with E-state index in [1.165, 1.54) is 12.3 Å². The van der Waals surface area contributed by atoms with E-state index in [2.05, 4.69) is 10.3 Å². The number of methoxy groups -OCH3 is 1. The average Bonchev–Trinajstić information content (AvgIpc) is 3.22. The second-order valence-corrected chi connectivity index (χ2v) is 7.01. The number of rotatable bonds is 4. The third-order valence-corrected chi connectivity index (χ3v) is 5.21. The number of hydrogen-bond acceptors (Lipinski definition) is 6. The number of piperidine rings is 1. The summed E-state index contributed by atoms with van der Waals surface area (Å²) in [7, 11) is 1.58. The molecule has 3 heterocycles. The Kier molecular flexibility index (Phi) is 5.46. The highest BCUT2D eigenvalue weighted by Gasteiger charge is 2.40. The first-order chi connectivity index (χ1) is 14.1. The van der Waals surface area contributed by atoms with Crippen LogP contribution in [-0.2, 0) is 9.47 Å². The Morgan fingerprint density at radius 2 is 1.79 bits per heavy atom. The molecule has 1 N–H and O–H groups in total. The van der Waals surface area contributed by atoms with Gasteiger partial charge in [-0.25, -0.2) is 0 Å². The highest BCUT2D eigenvalue weighted by molar-refractivity contribution is 6.04. The van der Waals surface area contributed by atoms with E-state index in [0.29, 0.717) is 56.1 Å². The van der Waals surface area contributed by atoms with Crippen LogP contribution in [0.1, 0.15) is 33.7 Å². The van der Waals surface area contributed by atoms with E-state index >= 15 is 0 Å². The predicted molar refractivity (Wildman–Crippen MR) is 105 cm³/mol. The third kappa shape index (κ3) is 4.23. The van der Waals surface area contributed by atoms with Gasteiger partial charge in [0.2, 0.25) is 0 Å². The highest BCUT2D eigenvalue weighted by Crippen LogP contribution is 2.31. The molecule has 1 aromatic carbocycles. The van der Waals surface area contributed by atoms with Crippen LogP contribution in [0.15, 0.2) is 42.6 Å². The lowest BCUT2D eigenvalue weighted by Gasteiger charge is -2.37. The van der Waals surface area contributed by atoms with Crippen LogP contribution in [0.2, 0.25) is 0 Å². The number of hydrogen-bond donors (Lipinski definition) is 1. The maximum Gasteiger partial charge on any atom is 0.274 e. The van der Waals surface area contributed by atoms with Crippen LogP contribution in [-0.4, -0.2) is 60.9 Å². The molecule has 29 heavy (non-hydrogen) atoms. The standard InChI is InChI=1S/C21H23N3O5/c1-27-17-4-2-16(3-5-17)23-19(25)18-14-15(6-9-22-18)20(26)24-10-7-21(8-11-24)28-12-13-29-21/h2-6,9,14H,7-8,10-13H2,1H3,(H,23,25). The number of aromatic nitrogens is 1. The second-order valence-electron chi connectivity index (χ2n) is 7.01. The summed E-state index contributed by atoms with van der Waals surface area (Å²) < 4.78 is 16.5. The molecule has 8 nitrogen and oxygen atoms in total. The Bertz CT molecular complexity index is 883. The van der Waals surface area contributed by atoms with Crippen LogP contribution in [0.3, 0.4) is 0 Å². The lowest BCUT2D eigenvalue weighted by Crippen LogP contribution is -2.47. The van der Waals surface area contributed by atoms with E-state index in [0.717, 1.165) is 0 Å². The van der Waals surface area contributed by atoms with Crippen molar-refractivity contribution in [1.82, 2.24) is 9.88 Å². The molecule has 1 aromatic heterocycles. The van der Waals surface area contributed by atoms with E-state index in [1.807, 2.05) is 0 Å². The molecule has 2 fully saturated rings. The van der Waals surface area contributed by atoms with Gasteiger partial charge in [-0.2, -0.15) is 0 Å².